The zero-order valence-electron chi connectivity index (χ0n) is 21.7. The minimum Gasteiger partial charge on any atom is -0.392 e. The molecule has 1 aromatic heterocycles. The molecule has 8 nitrogen and oxygen atoms in total. The van der Waals surface area contributed by atoms with Crippen LogP contribution in [0.5, 0.6) is 0 Å². The number of aliphatic hydroxyl groups is 3. The summed E-state index contributed by atoms with van der Waals surface area (Å²) in [6.07, 6.45) is 19.7. The molecule has 0 unspecified atom stereocenters. The van der Waals surface area contributed by atoms with Crippen LogP contribution in [0, 0.1) is 0 Å². The van der Waals surface area contributed by atoms with Gasteiger partial charge in [-0.15, -0.1) is 0 Å². The third-order valence-corrected chi connectivity index (χ3v) is 7.13. The lowest BCUT2D eigenvalue weighted by molar-refractivity contribution is -0.148. The molecule has 0 aliphatic carbocycles. The fourth-order valence-corrected chi connectivity index (χ4v) is 4.88. The Bertz CT molecular complexity index is 731. The molecule has 0 saturated carbocycles. The summed E-state index contributed by atoms with van der Waals surface area (Å²) in [6, 6.07) is 1.55. The van der Waals surface area contributed by atoms with Gasteiger partial charge in [-0.05, 0) is 19.0 Å². The van der Waals surface area contributed by atoms with Crippen molar-refractivity contribution in [2.45, 2.75) is 134 Å². The Morgan fingerprint density at radius 3 is 1.91 bits per heavy atom. The molecule has 35 heavy (non-hydrogen) atoms. The highest BCUT2D eigenvalue weighted by Crippen LogP contribution is 2.34. The number of ether oxygens (including phenoxy) is 1. The normalized spacial score (nSPS) is 24.3. The number of unbranched alkanes of at least 4 members (excludes halogenated alkanes) is 15. The van der Waals surface area contributed by atoms with Crippen LogP contribution < -0.4 is 11.0 Å². The van der Waals surface area contributed by atoms with Gasteiger partial charge in [-0.1, -0.05) is 103 Å². The molecule has 2 rings (SSSR count). The Labute approximate surface area is 211 Å². The van der Waals surface area contributed by atoms with Crippen LogP contribution in [0.1, 0.15) is 116 Å². The largest absolute Gasteiger partial charge is 0.392 e. The van der Waals surface area contributed by atoms with Crippen molar-refractivity contribution >= 4 is 0 Å². The molecule has 1 fully saturated rings. The Kier molecular flexibility index (Phi) is 14.7. The molecule has 1 aliphatic heterocycles. The Morgan fingerprint density at radius 2 is 1.43 bits per heavy atom. The second-order valence-electron chi connectivity index (χ2n) is 10.0. The molecule has 0 amide bonds. The van der Waals surface area contributed by atoms with E-state index in [9.17, 15) is 20.1 Å². The summed E-state index contributed by atoms with van der Waals surface area (Å²) in [4.78, 5) is 15.6. The van der Waals surface area contributed by atoms with Crippen LogP contribution in [-0.4, -0.2) is 56.0 Å². The Hall–Kier alpha value is -1.32. The average molecular weight is 496 g/mol. The molecule has 0 aromatic carbocycles. The Morgan fingerprint density at radius 1 is 0.914 bits per heavy atom. The number of aliphatic hydroxyl groups excluding tert-OH is 3. The third kappa shape index (κ3) is 9.92. The van der Waals surface area contributed by atoms with Gasteiger partial charge in [-0.2, -0.15) is 0 Å². The fraction of sp³-hybridized carbons (Fsp3) is 0.852. The topological polar surface area (TPSA) is 117 Å². The van der Waals surface area contributed by atoms with Crippen LogP contribution >= 0.6 is 0 Å². The second-order valence-corrected chi connectivity index (χ2v) is 10.0. The predicted octanol–water partition coefficient (Wildman–Crippen LogP) is 4.03. The van der Waals surface area contributed by atoms with Crippen LogP contribution in [0.15, 0.2) is 23.3 Å². The van der Waals surface area contributed by atoms with Gasteiger partial charge >= 0.3 is 5.69 Å². The van der Waals surface area contributed by atoms with E-state index in [0.29, 0.717) is 6.54 Å². The summed E-state index contributed by atoms with van der Waals surface area (Å²) in [5.41, 5.74) is -2.09. The Balaban J connectivity index is 1.51. The summed E-state index contributed by atoms with van der Waals surface area (Å²) in [5, 5.41) is 34.0. The first-order valence-electron chi connectivity index (χ1n) is 14.0. The van der Waals surface area contributed by atoms with Crippen molar-refractivity contribution in [3.05, 3.63) is 28.9 Å². The molecule has 1 saturated heterocycles. The third-order valence-electron chi connectivity index (χ3n) is 7.13. The molecule has 0 spiro atoms. The van der Waals surface area contributed by atoms with Crippen LogP contribution in [0.4, 0.5) is 0 Å². The van der Waals surface area contributed by atoms with E-state index in [4.69, 9.17) is 4.74 Å². The van der Waals surface area contributed by atoms with Crippen LogP contribution in [0.25, 0.3) is 0 Å². The number of nitrogens with one attached hydrogen (secondary N) is 1. The van der Waals surface area contributed by atoms with Crippen molar-refractivity contribution in [3.8, 4) is 0 Å². The van der Waals surface area contributed by atoms with Crippen LogP contribution in [-0.2, 0) is 4.74 Å². The van der Waals surface area contributed by atoms with Gasteiger partial charge in [0.1, 0.15) is 12.2 Å². The molecule has 8 heteroatoms. The predicted molar refractivity (Wildman–Crippen MR) is 138 cm³/mol. The van der Waals surface area contributed by atoms with Gasteiger partial charge in [0.05, 0.1) is 6.61 Å². The lowest BCUT2D eigenvalue weighted by atomic mass is 10.0. The smallest absolute Gasteiger partial charge is 0.349 e. The van der Waals surface area contributed by atoms with Crippen molar-refractivity contribution in [1.82, 2.24) is 14.9 Å². The molecule has 4 atom stereocenters. The quantitative estimate of drug-likeness (QED) is 0.202. The molecular formula is C27H49N3O5. The second kappa shape index (κ2) is 17.2. The molecular weight excluding hydrogens is 446 g/mol. The zero-order chi connectivity index (χ0) is 25.4. The molecule has 0 bridgehead atoms. The summed E-state index contributed by atoms with van der Waals surface area (Å²) in [5.74, 6) is 0. The lowest BCUT2D eigenvalue weighted by Gasteiger charge is -2.31. The highest BCUT2D eigenvalue weighted by atomic mass is 16.6. The van der Waals surface area contributed by atoms with Crippen molar-refractivity contribution in [3.63, 3.8) is 0 Å². The first kappa shape index (κ1) is 29.9. The number of aromatic nitrogens is 2. The summed E-state index contributed by atoms with van der Waals surface area (Å²) in [6.45, 7) is 2.29. The van der Waals surface area contributed by atoms with Crippen molar-refractivity contribution in [1.29, 1.82) is 0 Å². The number of hydrogen-bond donors (Lipinski definition) is 4. The van der Waals surface area contributed by atoms with Crippen LogP contribution in [0.3, 0.4) is 0 Å². The fourth-order valence-electron chi connectivity index (χ4n) is 4.88. The van der Waals surface area contributed by atoms with E-state index in [-0.39, 0.29) is 0 Å². The SMILES string of the molecule is CCCCCCCCCCCCCCCCCCN[C@]1(CO)O[C@@H](n2cccnc2=O)[C@@H](O)[C@@H]1O. The first-order chi connectivity index (χ1) is 17.1. The van der Waals surface area contributed by atoms with Gasteiger partial charge in [0, 0.05) is 12.4 Å². The van der Waals surface area contributed by atoms with Crippen LogP contribution in [0.2, 0.25) is 0 Å². The van der Waals surface area contributed by atoms with Crippen molar-refractivity contribution in [2.24, 2.45) is 0 Å². The summed E-state index contributed by atoms with van der Waals surface area (Å²) in [7, 11) is 0. The monoisotopic (exact) mass is 495 g/mol. The van der Waals surface area contributed by atoms with E-state index in [1.807, 2.05) is 0 Å². The highest BCUT2D eigenvalue weighted by molar-refractivity contribution is 5.00. The molecule has 202 valence electrons. The van der Waals surface area contributed by atoms with Gasteiger partial charge in [0.2, 0.25) is 0 Å². The molecule has 0 radical (unpaired) electrons. The minimum atomic E-state index is -1.51. The van der Waals surface area contributed by atoms with E-state index in [0.717, 1.165) is 23.8 Å². The van der Waals surface area contributed by atoms with Gasteiger partial charge in [-0.3, -0.25) is 9.88 Å². The number of hydrogen-bond acceptors (Lipinski definition) is 7. The maximum Gasteiger partial charge on any atom is 0.349 e. The maximum atomic E-state index is 12.0. The molecule has 1 aromatic rings. The van der Waals surface area contributed by atoms with E-state index >= 15 is 0 Å². The number of rotatable bonds is 20. The van der Waals surface area contributed by atoms with E-state index < -0.39 is 36.5 Å². The summed E-state index contributed by atoms with van der Waals surface area (Å²) >= 11 is 0. The average Bonchev–Trinajstić information content (AvgIpc) is 3.11. The molecule has 1 aliphatic rings. The zero-order valence-corrected chi connectivity index (χ0v) is 21.7. The molecule has 2 heterocycles. The maximum absolute atomic E-state index is 12.0. The van der Waals surface area contributed by atoms with Gasteiger partial charge in [0.15, 0.2) is 12.0 Å². The van der Waals surface area contributed by atoms with Crippen molar-refractivity contribution < 1.29 is 20.1 Å². The van der Waals surface area contributed by atoms with Gasteiger partial charge in [0.25, 0.3) is 0 Å². The van der Waals surface area contributed by atoms with Gasteiger partial charge < -0.3 is 20.1 Å². The van der Waals surface area contributed by atoms with Crippen molar-refractivity contribution in [2.75, 3.05) is 13.2 Å². The van der Waals surface area contributed by atoms with E-state index in [1.165, 1.54) is 95.9 Å². The van der Waals surface area contributed by atoms with Gasteiger partial charge in [-0.25, -0.2) is 9.78 Å². The van der Waals surface area contributed by atoms with E-state index in [2.05, 4.69) is 17.2 Å². The standard InChI is InChI=1S/C27H49N3O5/c1-2-3-4-5-6-7-8-9-10-11-12-13-14-15-16-17-20-29-27(22-31)24(33)23(32)25(35-27)30-21-18-19-28-26(30)34/h18-19,21,23-25,29,31-33H,2-17,20,22H2,1H3/t23-,24-,25+,27+/m0/s1. The minimum absolute atomic E-state index is 0.518. The van der Waals surface area contributed by atoms with E-state index in [1.54, 1.807) is 6.07 Å². The summed E-state index contributed by atoms with van der Waals surface area (Å²) < 4.78 is 6.91. The highest BCUT2D eigenvalue weighted by Gasteiger charge is 2.54. The lowest BCUT2D eigenvalue weighted by Crippen LogP contribution is -2.57. The first-order valence-corrected chi connectivity index (χ1v) is 14.0. The molecule has 4 N–H and O–H groups in total. The number of nitrogens with zero attached hydrogens (tertiary/aromatic N) is 2.